The molecule has 0 fully saturated rings. The maximum atomic E-state index is 9.61. The first kappa shape index (κ1) is 13.8. The van der Waals surface area contributed by atoms with Crippen molar-refractivity contribution in [2.75, 3.05) is 6.79 Å². The first-order valence-corrected chi connectivity index (χ1v) is 7.29. The van der Waals surface area contributed by atoms with Gasteiger partial charge in [0.15, 0.2) is 11.5 Å². The minimum Gasteiger partial charge on any atom is -0.454 e. The van der Waals surface area contributed by atoms with Gasteiger partial charge in [0, 0.05) is 5.56 Å². The van der Waals surface area contributed by atoms with Crippen LogP contribution in [0.1, 0.15) is 11.3 Å². The number of rotatable bonds is 3. The number of aliphatic hydroxyl groups is 1. The number of aliphatic hydroxyl groups excluding tert-OH is 1. The Kier molecular flexibility index (Phi) is 3.24. The van der Waals surface area contributed by atoms with Gasteiger partial charge in [0.25, 0.3) is 0 Å². The largest absolute Gasteiger partial charge is 0.454 e. The van der Waals surface area contributed by atoms with Crippen LogP contribution in [0, 0.1) is 6.92 Å². The number of nitrogens with zero attached hydrogens (tertiary/aromatic N) is 3. The molecule has 0 saturated carbocycles. The molecule has 0 radical (unpaired) electrons. The van der Waals surface area contributed by atoms with Gasteiger partial charge in [-0.25, -0.2) is 4.68 Å². The number of hydrogen-bond acceptors (Lipinski definition) is 5. The number of benzene rings is 2. The molecule has 4 rings (SSSR count). The van der Waals surface area contributed by atoms with E-state index in [1.165, 1.54) is 5.56 Å². The van der Waals surface area contributed by atoms with Crippen molar-refractivity contribution in [1.29, 1.82) is 0 Å². The van der Waals surface area contributed by atoms with Crippen LogP contribution in [0.2, 0.25) is 0 Å². The Labute approximate surface area is 132 Å². The lowest BCUT2D eigenvalue weighted by atomic mass is 10.1. The van der Waals surface area contributed by atoms with Gasteiger partial charge in [0.05, 0.1) is 12.3 Å². The van der Waals surface area contributed by atoms with Gasteiger partial charge in [-0.1, -0.05) is 22.9 Å². The fourth-order valence-electron chi connectivity index (χ4n) is 2.62. The molecule has 0 unspecified atom stereocenters. The molecule has 0 aliphatic carbocycles. The summed E-state index contributed by atoms with van der Waals surface area (Å²) in [5, 5.41) is 17.9. The predicted octanol–water partition coefficient (Wildman–Crippen LogP) is 2.46. The SMILES string of the molecule is Cc1ccc(-n2nnc(CO)c2-c2ccc3c(c2)OCO3)cc1. The molecule has 0 amide bonds. The Bertz CT molecular complexity index is 856. The molecule has 23 heavy (non-hydrogen) atoms. The van der Waals surface area contributed by atoms with Crippen LogP contribution in [0.15, 0.2) is 42.5 Å². The molecule has 2 heterocycles. The molecule has 0 bridgehead atoms. The Balaban J connectivity index is 1.87. The second kappa shape index (κ2) is 5.40. The predicted molar refractivity (Wildman–Crippen MR) is 83.6 cm³/mol. The van der Waals surface area contributed by atoms with E-state index in [2.05, 4.69) is 10.3 Å². The van der Waals surface area contributed by atoms with E-state index in [0.717, 1.165) is 16.9 Å². The van der Waals surface area contributed by atoms with Gasteiger partial charge in [-0.2, -0.15) is 0 Å². The van der Waals surface area contributed by atoms with Crippen LogP contribution in [-0.4, -0.2) is 26.9 Å². The minimum absolute atomic E-state index is 0.185. The topological polar surface area (TPSA) is 69.4 Å². The van der Waals surface area contributed by atoms with E-state index in [-0.39, 0.29) is 13.4 Å². The number of fused-ring (bicyclic) bond motifs is 1. The van der Waals surface area contributed by atoms with Gasteiger partial charge in [0.2, 0.25) is 6.79 Å². The zero-order chi connectivity index (χ0) is 15.8. The van der Waals surface area contributed by atoms with E-state index < -0.39 is 0 Å². The Morgan fingerprint density at radius 2 is 1.87 bits per heavy atom. The van der Waals surface area contributed by atoms with Gasteiger partial charge in [-0.15, -0.1) is 5.10 Å². The van der Waals surface area contributed by atoms with Crippen molar-refractivity contribution in [2.24, 2.45) is 0 Å². The molecule has 3 aromatic rings. The van der Waals surface area contributed by atoms with Crippen LogP contribution < -0.4 is 9.47 Å². The molecule has 1 aromatic heterocycles. The van der Waals surface area contributed by atoms with Gasteiger partial charge >= 0.3 is 0 Å². The quantitative estimate of drug-likeness (QED) is 0.805. The van der Waals surface area contributed by atoms with E-state index in [9.17, 15) is 5.11 Å². The van der Waals surface area contributed by atoms with Crippen LogP contribution in [0.3, 0.4) is 0 Å². The summed E-state index contributed by atoms with van der Waals surface area (Å²) in [6.45, 7) is 2.07. The average Bonchev–Trinajstić information content (AvgIpc) is 3.21. The van der Waals surface area contributed by atoms with Crippen molar-refractivity contribution in [3.63, 3.8) is 0 Å². The molecule has 6 nitrogen and oxygen atoms in total. The normalized spacial score (nSPS) is 12.6. The van der Waals surface area contributed by atoms with E-state index in [0.29, 0.717) is 17.2 Å². The third-order valence-electron chi connectivity index (χ3n) is 3.81. The molecular formula is C17H15N3O3. The summed E-state index contributed by atoms with van der Waals surface area (Å²) in [5.41, 5.74) is 4.18. The summed E-state index contributed by atoms with van der Waals surface area (Å²) in [5.74, 6) is 1.40. The van der Waals surface area contributed by atoms with Gasteiger partial charge < -0.3 is 14.6 Å². The molecule has 1 aliphatic rings. The summed E-state index contributed by atoms with van der Waals surface area (Å²) < 4.78 is 12.5. The fraction of sp³-hybridized carbons (Fsp3) is 0.176. The highest BCUT2D eigenvalue weighted by molar-refractivity contribution is 5.68. The van der Waals surface area contributed by atoms with Gasteiger partial charge in [-0.05, 0) is 37.3 Å². The Hall–Kier alpha value is -2.86. The first-order chi connectivity index (χ1) is 11.3. The summed E-state index contributed by atoms with van der Waals surface area (Å²) in [7, 11) is 0. The molecule has 1 aliphatic heterocycles. The monoisotopic (exact) mass is 309 g/mol. The third kappa shape index (κ3) is 2.33. The highest BCUT2D eigenvalue weighted by Gasteiger charge is 2.20. The van der Waals surface area contributed by atoms with Crippen molar-refractivity contribution >= 4 is 0 Å². The second-order valence-electron chi connectivity index (χ2n) is 5.36. The summed E-state index contributed by atoms with van der Waals surface area (Å²) in [6.07, 6.45) is 0. The van der Waals surface area contributed by atoms with E-state index in [1.54, 1.807) is 4.68 Å². The highest BCUT2D eigenvalue weighted by Crippen LogP contribution is 2.37. The van der Waals surface area contributed by atoms with E-state index in [1.807, 2.05) is 49.4 Å². The van der Waals surface area contributed by atoms with Crippen LogP contribution in [0.5, 0.6) is 11.5 Å². The Morgan fingerprint density at radius 1 is 1.09 bits per heavy atom. The Morgan fingerprint density at radius 3 is 2.65 bits per heavy atom. The van der Waals surface area contributed by atoms with Crippen LogP contribution in [0.4, 0.5) is 0 Å². The van der Waals surface area contributed by atoms with Crippen LogP contribution >= 0.6 is 0 Å². The number of ether oxygens (including phenoxy) is 2. The van der Waals surface area contributed by atoms with E-state index in [4.69, 9.17) is 9.47 Å². The molecule has 2 aromatic carbocycles. The zero-order valence-corrected chi connectivity index (χ0v) is 12.6. The maximum Gasteiger partial charge on any atom is 0.231 e. The summed E-state index contributed by atoms with van der Waals surface area (Å²) in [6, 6.07) is 13.6. The fourth-order valence-corrected chi connectivity index (χ4v) is 2.62. The highest BCUT2D eigenvalue weighted by atomic mass is 16.7. The van der Waals surface area contributed by atoms with Crippen molar-refractivity contribution in [2.45, 2.75) is 13.5 Å². The lowest BCUT2D eigenvalue weighted by molar-refractivity contribution is 0.174. The maximum absolute atomic E-state index is 9.61. The lowest BCUT2D eigenvalue weighted by Gasteiger charge is -2.09. The lowest BCUT2D eigenvalue weighted by Crippen LogP contribution is -2.00. The van der Waals surface area contributed by atoms with Crippen molar-refractivity contribution in [1.82, 2.24) is 15.0 Å². The van der Waals surface area contributed by atoms with Crippen LogP contribution in [0.25, 0.3) is 16.9 Å². The second-order valence-corrected chi connectivity index (χ2v) is 5.36. The number of aryl methyl sites for hydroxylation is 1. The molecule has 1 N–H and O–H groups in total. The van der Waals surface area contributed by atoms with Crippen molar-refractivity contribution in [3.8, 4) is 28.4 Å². The van der Waals surface area contributed by atoms with Crippen LogP contribution in [-0.2, 0) is 6.61 Å². The minimum atomic E-state index is -0.185. The van der Waals surface area contributed by atoms with Crippen molar-refractivity contribution in [3.05, 3.63) is 53.7 Å². The molecule has 0 spiro atoms. The molecule has 116 valence electrons. The first-order valence-electron chi connectivity index (χ1n) is 7.29. The van der Waals surface area contributed by atoms with Crippen molar-refractivity contribution < 1.29 is 14.6 Å². The summed E-state index contributed by atoms with van der Waals surface area (Å²) in [4.78, 5) is 0. The zero-order valence-electron chi connectivity index (χ0n) is 12.6. The smallest absolute Gasteiger partial charge is 0.231 e. The number of aromatic nitrogens is 3. The molecule has 6 heteroatoms. The van der Waals surface area contributed by atoms with E-state index >= 15 is 0 Å². The van der Waals surface area contributed by atoms with Gasteiger partial charge in [-0.3, -0.25) is 0 Å². The summed E-state index contributed by atoms with van der Waals surface area (Å²) >= 11 is 0. The standard InChI is InChI=1S/C17H15N3O3/c1-11-2-5-13(6-3-11)20-17(14(9-21)18-19-20)12-4-7-15-16(8-12)23-10-22-15/h2-8,21H,9-10H2,1H3. The number of hydrogen-bond donors (Lipinski definition) is 1. The molecule has 0 atom stereocenters. The van der Waals surface area contributed by atoms with Gasteiger partial charge in [0.1, 0.15) is 11.4 Å². The average molecular weight is 309 g/mol. The third-order valence-corrected chi connectivity index (χ3v) is 3.81. The molecule has 0 saturated heterocycles. The molecular weight excluding hydrogens is 294 g/mol.